The van der Waals surface area contributed by atoms with Gasteiger partial charge in [0.25, 0.3) is 10.1 Å². The zero-order chi connectivity index (χ0) is 20.7. The lowest BCUT2D eigenvalue weighted by Crippen LogP contribution is -2.23. The normalized spacial score (nSPS) is 14.0. The fraction of sp³-hybridized carbons (Fsp3) is 0.700. The Hall–Kier alpha value is -1.19. The van der Waals surface area contributed by atoms with Crippen molar-refractivity contribution in [3.05, 3.63) is 30.3 Å². The van der Waals surface area contributed by atoms with E-state index in [-0.39, 0.29) is 12.5 Å². The third kappa shape index (κ3) is 13.9. The van der Waals surface area contributed by atoms with E-state index in [1.54, 1.807) is 24.3 Å². The standard InChI is InChI=1S/C20H34O7S/c1-2-3-4-5-6-7-9-14-20(16-15-18(21)17-28(22,23)24)26-27-25-19-12-10-8-11-13-19/h8,10-13,18,20-21H,2-7,9,14-17H2,1H3,(H,22,23,24). The van der Waals surface area contributed by atoms with Gasteiger partial charge < -0.3 is 9.99 Å². The van der Waals surface area contributed by atoms with E-state index in [4.69, 9.17) is 19.4 Å². The molecule has 162 valence electrons. The lowest BCUT2D eigenvalue weighted by Gasteiger charge is -2.17. The quantitative estimate of drug-likeness (QED) is 0.167. The fourth-order valence-electron chi connectivity index (χ4n) is 2.86. The molecule has 0 aliphatic heterocycles. The van der Waals surface area contributed by atoms with Gasteiger partial charge >= 0.3 is 0 Å². The summed E-state index contributed by atoms with van der Waals surface area (Å²) in [7, 11) is -4.20. The van der Waals surface area contributed by atoms with Crippen LogP contribution in [0, 0.1) is 0 Å². The van der Waals surface area contributed by atoms with Crippen molar-refractivity contribution in [3.63, 3.8) is 0 Å². The second-order valence-corrected chi connectivity index (χ2v) is 8.57. The Morgan fingerprint density at radius 1 is 0.929 bits per heavy atom. The summed E-state index contributed by atoms with van der Waals surface area (Å²) in [5, 5.41) is 14.6. The van der Waals surface area contributed by atoms with Gasteiger partial charge in [0.2, 0.25) is 0 Å². The molecule has 0 radical (unpaired) electrons. The molecule has 0 amide bonds. The average Bonchev–Trinajstić information content (AvgIpc) is 2.64. The summed E-state index contributed by atoms with van der Waals surface area (Å²) < 4.78 is 30.5. The van der Waals surface area contributed by atoms with Crippen molar-refractivity contribution < 1.29 is 32.9 Å². The van der Waals surface area contributed by atoms with Gasteiger partial charge in [-0.15, -0.1) is 0 Å². The molecule has 0 aliphatic carbocycles. The van der Waals surface area contributed by atoms with Crippen molar-refractivity contribution in [2.45, 2.75) is 83.3 Å². The number of unbranched alkanes of at least 4 members (excludes halogenated alkanes) is 6. The monoisotopic (exact) mass is 418 g/mol. The number of rotatable bonds is 17. The van der Waals surface area contributed by atoms with Gasteiger partial charge in [-0.2, -0.15) is 13.3 Å². The van der Waals surface area contributed by atoms with E-state index in [0.717, 1.165) is 12.8 Å². The summed E-state index contributed by atoms with van der Waals surface area (Å²) in [6.45, 7) is 2.19. The van der Waals surface area contributed by atoms with Crippen LogP contribution in [0.4, 0.5) is 0 Å². The Balaban J connectivity index is 2.35. The summed E-state index contributed by atoms with van der Waals surface area (Å²) in [6.07, 6.45) is 7.95. The van der Waals surface area contributed by atoms with E-state index in [1.165, 1.54) is 32.1 Å². The molecule has 0 bridgehead atoms. The Morgan fingerprint density at radius 3 is 2.21 bits per heavy atom. The predicted molar refractivity (Wildman–Crippen MR) is 107 cm³/mol. The van der Waals surface area contributed by atoms with Crippen LogP contribution in [0.1, 0.15) is 71.1 Å². The maximum absolute atomic E-state index is 10.9. The van der Waals surface area contributed by atoms with Crippen molar-refractivity contribution >= 4 is 10.1 Å². The van der Waals surface area contributed by atoms with E-state index in [0.29, 0.717) is 18.6 Å². The summed E-state index contributed by atoms with van der Waals surface area (Å²) in [5.41, 5.74) is 0. The first kappa shape index (κ1) is 24.8. The lowest BCUT2D eigenvalue weighted by molar-refractivity contribution is -0.483. The molecule has 0 heterocycles. The SMILES string of the molecule is CCCCCCCCCC(CCC(O)CS(=O)(=O)O)OOOc1ccccc1. The van der Waals surface area contributed by atoms with Crippen molar-refractivity contribution in [2.24, 2.45) is 0 Å². The summed E-state index contributed by atoms with van der Waals surface area (Å²) in [6, 6.07) is 8.92. The Labute approximate surface area is 168 Å². The smallest absolute Gasteiger partial charge is 0.267 e. The van der Waals surface area contributed by atoms with Crippen molar-refractivity contribution in [2.75, 3.05) is 5.75 Å². The second kappa shape index (κ2) is 14.8. The summed E-state index contributed by atoms with van der Waals surface area (Å²) >= 11 is 0. The number of hydrogen-bond acceptors (Lipinski definition) is 6. The molecule has 0 aliphatic rings. The first-order valence-electron chi connectivity index (χ1n) is 10.1. The average molecular weight is 419 g/mol. The number of hydrogen-bond donors (Lipinski definition) is 2. The van der Waals surface area contributed by atoms with Crippen LogP contribution in [0.15, 0.2) is 30.3 Å². The number of aliphatic hydroxyl groups is 1. The fourth-order valence-corrected chi connectivity index (χ4v) is 3.52. The van der Waals surface area contributed by atoms with Crippen LogP contribution in [0.2, 0.25) is 0 Å². The molecular formula is C20H34O7S. The highest BCUT2D eigenvalue weighted by Crippen LogP contribution is 2.17. The Bertz CT molecular complexity index is 592. The lowest BCUT2D eigenvalue weighted by atomic mass is 10.0. The topological polar surface area (TPSA) is 102 Å². The zero-order valence-electron chi connectivity index (χ0n) is 16.7. The van der Waals surface area contributed by atoms with Crippen molar-refractivity contribution in [3.8, 4) is 5.75 Å². The highest BCUT2D eigenvalue weighted by atomic mass is 32.2. The molecular weight excluding hydrogens is 384 g/mol. The maximum Gasteiger partial charge on any atom is 0.267 e. The molecule has 2 atom stereocenters. The minimum Gasteiger partial charge on any atom is -0.392 e. The number of para-hydroxylation sites is 1. The van der Waals surface area contributed by atoms with Gasteiger partial charge in [-0.3, -0.25) is 4.55 Å². The van der Waals surface area contributed by atoms with Crippen LogP contribution in [0.3, 0.4) is 0 Å². The molecule has 8 heteroatoms. The summed E-state index contributed by atoms with van der Waals surface area (Å²) in [4.78, 5) is 10.4. The Kier molecular flexibility index (Phi) is 13.1. The van der Waals surface area contributed by atoms with Crippen LogP contribution < -0.4 is 4.89 Å². The second-order valence-electron chi connectivity index (χ2n) is 7.07. The highest BCUT2D eigenvalue weighted by molar-refractivity contribution is 7.85. The molecule has 2 unspecified atom stereocenters. The van der Waals surface area contributed by atoms with E-state index >= 15 is 0 Å². The van der Waals surface area contributed by atoms with Crippen LogP contribution in [0.5, 0.6) is 5.75 Å². The molecule has 0 spiro atoms. The van der Waals surface area contributed by atoms with Gasteiger partial charge in [0.05, 0.1) is 12.2 Å². The zero-order valence-corrected chi connectivity index (χ0v) is 17.5. The molecule has 0 fully saturated rings. The van der Waals surface area contributed by atoms with Gasteiger partial charge in [-0.25, -0.2) is 0 Å². The molecule has 1 aromatic rings. The maximum atomic E-state index is 10.9. The molecule has 7 nitrogen and oxygen atoms in total. The third-order valence-corrected chi connectivity index (χ3v) is 5.21. The van der Waals surface area contributed by atoms with Gasteiger partial charge in [-0.1, -0.05) is 70.1 Å². The van der Waals surface area contributed by atoms with Gasteiger partial charge in [0, 0.05) is 0 Å². The minimum atomic E-state index is -4.20. The molecule has 28 heavy (non-hydrogen) atoms. The minimum absolute atomic E-state index is 0.176. The van der Waals surface area contributed by atoms with Crippen LogP contribution >= 0.6 is 0 Å². The van der Waals surface area contributed by atoms with Crippen LogP contribution in [0.25, 0.3) is 0 Å². The van der Waals surface area contributed by atoms with Crippen LogP contribution in [-0.4, -0.2) is 36.0 Å². The van der Waals surface area contributed by atoms with Crippen LogP contribution in [-0.2, 0) is 20.0 Å². The number of aliphatic hydroxyl groups excluding tert-OH is 1. The largest absolute Gasteiger partial charge is 0.392 e. The first-order valence-corrected chi connectivity index (χ1v) is 11.7. The molecule has 2 N–H and O–H groups in total. The molecule has 1 aromatic carbocycles. The molecule has 0 saturated carbocycles. The molecule has 0 aromatic heterocycles. The van der Waals surface area contributed by atoms with E-state index < -0.39 is 22.0 Å². The van der Waals surface area contributed by atoms with Crippen molar-refractivity contribution in [1.82, 2.24) is 0 Å². The molecule has 0 saturated heterocycles. The first-order chi connectivity index (χ1) is 13.4. The van der Waals surface area contributed by atoms with Gasteiger partial charge in [-0.05, 0) is 36.4 Å². The summed E-state index contributed by atoms with van der Waals surface area (Å²) in [5.74, 6) is -0.179. The van der Waals surface area contributed by atoms with Gasteiger partial charge in [0.15, 0.2) is 5.75 Å². The highest BCUT2D eigenvalue weighted by Gasteiger charge is 2.18. The van der Waals surface area contributed by atoms with E-state index in [9.17, 15) is 13.5 Å². The van der Waals surface area contributed by atoms with E-state index in [1.807, 2.05) is 6.07 Å². The van der Waals surface area contributed by atoms with Gasteiger partial charge in [0.1, 0.15) is 5.75 Å². The third-order valence-electron chi connectivity index (χ3n) is 4.40. The predicted octanol–water partition coefficient (Wildman–Crippen LogP) is 4.47. The van der Waals surface area contributed by atoms with E-state index in [2.05, 4.69) is 6.92 Å². The number of benzene rings is 1. The molecule has 1 rings (SSSR count). The Morgan fingerprint density at radius 2 is 1.57 bits per heavy atom. The van der Waals surface area contributed by atoms with Crippen molar-refractivity contribution in [1.29, 1.82) is 0 Å².